The molecule has 0 spiro atoms. The molecule has 0 heterocycles. The van der Waals surface area contributed by atoms with E-state index in [1.165, 1.54) is 11.1 Å². The third-order valence-electron chi connectivity index (χ3n) is 3.83. The average molecular weight is 313 g/mol. The Labute approximate surface area is 126 Å². The van der Waals surface area contributed by atoms with Gasteiger partial charge in [-0.25, -0.2) is 8.78 Å². The highest BCUT2D eigenvalue weighted by molar-refractivity contribution is 6.32. The molecule has 0 radical (unpaired) electrons. The lowest BCUT2D eigenvalue weighted by Crippen LogP contribution is -2.09. The number of hydrogen-bond acceptors (Lipinski definition) is 0. The normalized spacial score (nSPS) is 16.2. The number of hydrogen-bond donors (Lipinski definition) is 0. The first-order chi connectivity index (χ1) is 9.56. The topological polar surface area (TPSA) is 0 Å². The average Bonchev–Trinajstić information content (AvgIpc) is 2.86. The fraction of sp³-hybridized carbons (Fsp3) is 0.250. The van der Waals surface area contributed by atoms with Crippen molar-refractivity contribution < 1.29 is 8.78 Å². The number of alkyl halides is 1. The van der Waals surface area contributed by atoms with Crippen molar-refractivity contribution in [2.45, 2.75) is 18.2 Å². The number of fused-ring (bicyclic) bond motifs is 1. The quantitative estimate of drug-likeness (QED) is 0.520. The molecule has 0 saturated heterocycles. The molecular weight excluding hydrogens is 301 g/mol. The molecule has 0 fully saturated rings. The highest BCUT2D eigenvalue weighted by Gasteiger charge is 2.30. The van der Waals surface area contributed by atoms with Crippen LogP contribution in [0.25, 0.3) is 0 Å². The fourth-order valence-corrected chi connectivity index (χ4v) is 3.49. The molecule has 0 aliphatic heterocycles. The van der Waals surface area contributed by atoms with Crippen LogP contribution in [0.5, 0.6) is 0 Å². The van der Waals surface area contributed by atoms with Gasteiger partial charge in [0.15, 0.2) is 11.6 Å². The monoisotopic (exact) mass is 312 g/mol. The largest absolute Gasteiger partial charge is 0.204 e. The summed E-state index contributed by atoms with van der Waals surface area (Å²) >= 11 is 12.5. The third kappa shape index (κ3) is 2.43. The molecule has 20 heavy (non-hydrogen) atoms. The molecule has 2 aromatic carbocycles. The SMILES string of the molecule is Fc1cc(Cl)c(C(Cl)C2Cc3ccccc3C2)cc1F. The lowest BCUT2D eigenvalue weighted by Gasteiger charge is -2.18. The first-order valence-corrected chi connectivity index (χ1v) is 7.23. The summed E-state index contributed by atoms with van der Waals surface area (Å²) in [5.74, 6) is -1.71. The molecule has 1 aliphatic carbocycles. The van der Waals surface area contributed by atoms with Gasteiger partial charge in [-0.2, -0.15) is 0 Å². The minimum Gasteiger partial charge on any atom is -0.204 e. The van der Waals surface area contributed by atoms with Gasteiger partial charge in [0, 0.05) is 5.02 Å². The van der Waals surface area contributed by atoms with Crippen molar-refractivity contribution in [3.05, 3.63) is 69.7 Å². The molecule has 0 saturated carbocycles. The van der Waals surface area contributed by atoms with Gasteiger partial charge in [0.05, 0.1) is 5.38 Å². The second-order valence-corrected chi connectivity index (χ2v) is 6.00. The maximum Gasteiger partial charge on any atom is 0.160 e. The maximum atomic E-state index is 13.4. The van der Waals surface area contributed by atoms with E-state index in [1.807, 2.05) is 12.1 Å². The summed E-state index contributed by atoms with van der Waals surface area (Å²) < 4.78 is 26.5. The molecule has 2 aromatic rings. The van der Waals surface area contributed by atoms with Gasteiger partial charge in [-0.1, -0.05) is 35.9 Å². The molecule has 3 rings (SSSR count). The molecule has 1 aliphatic rings. The molecule has 1 unspecified atom stereocenters. The van der Waals surface area contributed by atoms with Crippen LogP contribution in [0.1, 0.15) is 22.1 Å². The van der Waals surface area contributed by atoms with Crippen LogP contribution in [0, 0.1) is 17.6 Å². The molecule has 4 heteroatoms. The van der Waals surface area contributed by atoms with E-state index < -0.39 is 17.0 Å². The van der Waals surface area contributed by atoms with Crippen molar-refractivity contribution in [3.63, 3.8) is 0 Å². The Morgan fingerprint density at radius 2 is 1.55 bits per heavy atom. The second-order valence-electron chi connectivity index (χ2n) is 5.13. The van der Waals surface area contributed by atoms with Crippen LogP contribution in [0.4, 0.5) is 8.78 Å². The second kappa shape index (κ2) is 5.34. The molecular formula is C16H12Cl2F2. The van der Waals surface area contributed by atoms with Gasteiger partial charge < -0.3 is 0 Å². The van der Waals surface area contributed by atoms with E-state index in [-0.39, 0.29) is 10.9 Å². The van der Waals surface area contributed by atoms with Gasteiger partial charge in [-0.15, -0.1) is 11.6 Å². The summed E-state index contributed by atoms with van der Waals surface area (Å²) in [5.41, 5.74) is 2.99. The van der Waals surface area contributed by atoms with E-state index in [9.17, 15) is 8.78 Å². The van der Waals surface area contributed by atoms with Crippen molar-refractivity contribution in [3.8, 4) is 0 Å². The van der Waals surface area contributed by atoms with E-state index in [2.05, 4.69) is 12.1 Å². The Balaban J connectivity index is 1.88. The molecule has 0 N–H and O–H groups in total. The standard InChI is InChI=1S/C16H12Cl2F2/c17-13-8-15(20)14(19)7-12(13)16(18)11-5-9-3-1-2-4-10(9)6-11/h1-4,7-8,11,16H,5-6H2. The van der Waals surface area contributed by atoms with E-state index in [4.69, 9.17) is 23.2 Å². The first-order valence-electron chi connectivity index (χ1n) is 6.41. The van der Waals surface area contributed by atoms with Crippen molar-refractivity contribution >= 4 is 23.2 Å². The lowest BCUT2D eigenvalue weighted by molar-refractivity contribution is 0.499. The third-order valence-corrected chi connectivity index (χ3v) is 4.75. The van der Waals surface area contributed by atoms with Crippen LogP contribution in [0.15, 0.2) is 36.4 Å². The Kier molecular flexibility index (Phi) is 3.70. The molecule has 0 bridgehead atoms. The first kappa shape index (κ1) is 13.8. The number of halogens is 4. The van der Waals surface area contributed by atoms with Gasteiger partial charge in [0.2, 0.25) is 0 Å². The predicted octanol–water partition coefficient (Wildman–Crippen LogP) is 5.31. The zero-order valence-electron chi connectivity index (χ0n) is 10.5. The number of rotatable bonds is 2. The van der Waals surface area contributed by atoms with Gasteiger partial charge >= 0.3 is 0 Å². The molecule has 104 valence electrons. The van der Waals surface area contributed by atoms with Crippen LogP contribution in [-0.2, 0) is 12.8 Å². The van der Waals surface area contributed by atoms with Crippen LogP contribution < -0.4 is 0 Å². The summed E-state index contributed by atoms with van der Waals surface area (Å²) in [4.78, 5) is 0. The predicted molar refractivity (Wildman–Crippen MR) is 77.3 cm³/mol. The van der Waals surface area contributed by atoms with Crippen molar-refractivity contribution in [2.75, 3.05) is 0 Å². The summed E-state index contributed by atoms with van der Waals surface area (Å²) in [7, 11) is 0. The van der Waals surface area contributed by atoms with E-state index in [1.54, 1.807) is 0 Å². The number of benzene rings is 2. The summed E-state index contributed by atoms with van der Waals surface area (Å²) in [6, 6.07) is 10.2. The molecule has 0 aromatic heterocycles. The lowest BCUT2D eigenvalue weighted by atomic mass is 9.96. The Hall–Kier alpha value is -1.12. The molecule has 1 atom stereocenters. The van der Waals surface area contributed by atoms with Gasteiger partial charge in [0.1, 0.15) is 0 Å². The smallest absolute Gasteiger partial charge is 0.160 e. The van der Waals surface area contributed by atoms with Crippen LogP contribution >= 0.6 is 23.2 Å². The van der Waals surface area contributed by atoms with Crippen LogP contribution in [0.3, 0.4) is 0 Å². The minimum absolute atomic E-state index is 0.149. The Bertz CT molecular complexity index is 630. The minimum atomic E-state index is -0.947. The Morgan fingerprint density at radius 3 is 2.15 bits per heavy atom. The van der Waals surface area contributed by atoms with Crippen LogP contribution in [0.2, 0.25) is 5.02 Å². The fourth-order valence-electron chi connectivity index (χ4n) is 2.80. The summed E-state index contributed by atoms with van der Waals surface area (Å²) in [5, 5.41) is -0.246. The summed E-state index contributed by atoms with van der Waals surface area (Å²) in [6.45, 7) is 0. The van der Waals surface area contributed by atoms with E-state index in [0.29, 0.717) is 5.56 Å². The molecule has 0 amide bonds. The van der Waals surface area contributed by atoms with Crippen molar-refractivity contribution in [2.24, 2.45) is 5.92 Å². The van der Waals surface area contributed by atoms with Gasteiger partial charge in [0.25, 0.3) is 0 Å². The zero-order valence-corrected chi connectivity index (χ0v) is 12.1. The van der Waals surface area contributed by atoms with Crippen molar-refractivity contribution in [1.29, 1.82) is 0 Å². The maximum absolute atomic E-state index is 13.4. The van der Waals surface area contributed by atoms with E-state index in [0.717, 1.165) is 25.0 Å². The summed E-state index contributed by atoms with van der Waals surface area (Å²) in [6.07, 6.45) is 1.67. The zero-order chi connectivity index (χ0) is 14.3. The van der Waals surface area contributed by atoms with Crippen LogP contribution in [-0.4, -0.2) is 0 Å². The van der Waals surface area contributed by atoms with Gasteiger partial charge in [-0.3, -0.25) is 0 Å². The highest BCUT2D eigenvalue weighted by atomic mass is 35.5. The molecule has 0 nitrogen and oxygen atoms in total. The highest BCUT2D eigenvalue weighted by Crippen LogP contribution is 2.41. The van der Waals surface area contributed by atoms with E-state index >= 15 is 0 Å². The van der Waals surface area contributed by atoms with Gasteiger partial charge in [-0.05, 0) is 47.6 Å². The van der Waals surface area contributed by atoms with Crippen molar-refractivity contribution in [1.82, 2.24) is 0 Å². The Morgan fingerprint density at radius 1 is 1.00 bits per heavy atom.